The number of benzene rings is 1. The van der Waals surface area contributed by atoms with Gasteiger partial charge < -0.3 is 14.2 Å². The molecule has 3 rings (SSSR count). The Balaban J connectivity index is 2.08. The Bertz CT molecular complexity index is 565. The minimum absolute atomic E-state index is 0.290. The molecule has 0 radical (unpaired) electrons. The van der Waals surface area contributed by atoms with Gasteiger partial charge in [0.05, 0.1) is 12.8 Å². The molecule has 0 saturated heterocycles. The minimum atomic E-state index is 0.290. The molecule has 0 bridgehead atoms. The molecule has 0 aliphatic carbocycles. The number of fused-ring (bicyclic) bond motifs is 1. The van der Waals surface area contributed by atoms with Gasteiger partial charge in [-0.15, -0.1) is 0 Å². The Labute approximate surface area is 103 Å². The number of nitrogens with zero attached hydrogens (tertiary/aromatic N) is 1. The van der Waals surface area contributed by atoms with Gasteiger partial charge in [-0.05, 0) is 24.6 Å². The van der Waals surface area contributed by atoms with Gasteiger partial charge in [-0.25, -0.2) is 4.98 Å². The van der Waals surface area contributed by atoms with Crippen molar-refractivity contribution in [2.75, 3.05) is 13.9 Å². The van der Waals surface area contributed by atoms with Gasteiger partial charge in [0, 0.05) is 10.9 Å². The van der Waals surface area contributed by atoms with Crippen LogP contribution in [0.2, 0.25) is 0 Å². The number of rotatable bonds is 2. The first-order valence-corrected chi connectivity index (χ1v) is 6.06. The van der Waals surface area contributed by atoms with E-state index >= 15 is 0 Å². The van der Waals surface area contributed by atoms with Crippen LogP contribution in [0.4, 0.5) is 0 Å². The van der Waals surface area contributed by atoms with E-state index in [0.717, 1.165) is 28.3 Å². The Morgan fingerprint density at radius 1 is 1.29 bits per heavy atom. The molecule has 0 fully saturated rings. The van der Waals surface area contributed by atoms with E-state index in [1.54, 1.807) is 7.11 Å². The summed E-state index contributed by atoms with van der Waals surface area (Å²) in [5.74, 6) is 1.58. The highest BCUT2D eigenvalue weighted by molar-refractivity contribution is 7.11. The fourth-order valence-electron chi connectivity index (χ4n) is 1.79. The van der Waals surface area contributed by atoms with Crippen LogP contribution in [-0.4, -0.2) is 18.9 Å². The Kier molecular flexibility index (Phi) is 2.40. The lowest BCUT2D eigenvalue weighted by Gasteiger charge is -2.04. The average molecular weight is 249 g/mol. The highest BCUT2D eigenvalue weighted by Gasteiger charge is 2.17. The molecule has 0 unspecified atom stereocenters. The zero-order valence-electron chi connectivity index (χ0n) is 9.52. The van der Waals surface area contributed by atoms with E-state index in [2.05, 4.69) is 4.98 Å². The van der Waals surface area contributed by atoms with E-state index in [1.807, 2.05) is 24.4 Å². The number of methoxy groups -OCH3 is 1. The van der Waals surface area contributed by atoms with E-state index in [-0.39, 0.29) is 0 Å². The quantitative estimate of drug-likeness (QED) is 0.820. The van der Waals surface area contributed by atoms with E-state index < -0.39 is 0 Å². The molecule has 1 aromatic carbocycles. The van der Waals surface area contributed by atoms with E-state index in [4.69, 9.17) is 14.2 Å². The monoisotopic (exact) mass is 249 g/mol. The summed E-state index contributed by atoms with van der Waals surface area (Å²) in [5.41, 5.74) is 3.07. The third-order valence-electron chi connectivity index (χ3n) is 2.65. The summed E-state index contributed by atoms with van der Waals surface area (Å²) in [7, 11) is 1.62. The Hall–Kier alpha value is -1.75. The summed E-state index contributed by atoms with van der Waals surface area (Å²) in [4.78, 5) is 4.39. The molecule has 5 heteroatoms. The maximum atomic E-state index is 5.37. The maximum Gasteiger partial charge on any atom is 0.273 e. The molecule has 17 heavy (non-hydrogen) atoms. The van der Waals surface area contributed by atoms with Gasteiger partial charge in [0.2, 0.25) is 6.79 Å². The zero-order valence-corrected chi connectivity index (χ0v) is 10.3. The number of aromatic nitrogens is 1. The zero-order chi connectivity index (χ0) is 11.8. The van der Waals surface area contributed by atoms with Crippen LogP contribution in [0.5, 0.6) is 16.7 Å². The van der Waals surface area contributed by atoms with Gasteiger partial charge in [0.1, 0.15) is 0 Å². The van der Waals surface area contributed by atoms with E-state index in [9.17, 15) is 0 Å². The second-order valence-corrected chi connectivity index (χ2v) is 4.54. The number of aryl methyl sites for hydroxylation is 1. The third-order valence-corrected chi connectivity index (χ3v) is 3.45. The van der Waals surface area contributed by atoms with Gasteiger partial charge >= 0.3 is 0 Å². The van der Waals surface area contributed by atoms with Crippen LogP contribution in [0, 0.1) is 6.92 Å². The molecule has 0 saturated carbocycles. The van der Waals surface area contributed by atoms with Gasteiger partial charge in [0.15, 0.2) is 11.5 Å². The molecule has 0 spiro atoms. The first kappa shape index (κ1) is 10.4. The maximum absolute atomic E-state index is 5.37. The smallest absolute Gasteiger partial charge is 0.273 e. The predicted molar refractivity (Wildman–Crippen MR) is 65.0 cm³/mol. The van der Waals surface area contributed by atoms with Crippen molar-refractivity contribution in [3.05, 3.63) is 23.1 Å². The van der Waals surface area contributed by atoms with Crippen LogP contribution in [0.1, 0.15) is 5.56 Å². The van der Waals surface area contributed by atoms with Crippen molar-refractivity contribution in [3.8, 4) is 28.0 Å². The van der Waals surface area contributed by atoms with Gasteiger partial charge in [-0.3, -0.25) is 0 Å². The lowest BCUT2D eigenvalue weighted by Crippen LogP contribution is -1.92. The van der Waals surface area contributed by atoms with E-state index in [0.29, 0.717) is 12.0 Å². The molecule has 1 aromatic heterocycles. The fraction of sp³-hybridized carbons (Fsp3) is 0.250. The standard InChI is InChI=1S/C12H11NO3S/c1-7-3-10-11(16-6-15-10)4-8(7)9-5-17-12(13-9)14-2/h3-5H,6H2,1-2H3. The van der Waals surface area contributed by atoms with Crippen LogP contribution >= 0.6 is 11.3 Å². The summed E-state index contributed by atoms with van der Waals surface area (Å²) in [5, 5.41) is 2.64. The summed E-state index contributed by atoms with van der Waals surface area (Å²) in [6, 6.07) is 3.94. The van der Waals surface area contributed by atoms with Gasteiger partial charge in [0.25, 0.3) is 5.19 Å². The predicted octanol–water partition coefficient (Wildman–Crippen LogP) is 2.86. The topological polar surface area (TPSA) is 40.6 Å². The molecule has 0 atom stereocenters. The Morgan fingerprint density at radius 2 is 2.06 bits per heavy atom. The largest absolute Gasteiger partial charge is 0.473 e. The Morgan fingerprint density at radius 3 is 2.76 bits per heavy atom. The van der Waals surface area contributed by atoms with Crippen molar-refractivity contribution < 1.29 is 14.2 Å². The normalized spacial score (nSPS) is 12.8. The second-order valence-electron chi connectivity index (χ2n) is 3.72. The number of hydrogen-bond donors (Lipinski definition) is 0. The summed E-state index contributed by atoms with van der Waals surface area (Å²) in [6.45, 7) is 2.32. The van der Waals surface area contributed by atoms with Crippen LogP contribution in [0.25, 0.3) is 11.3 Å². The molecular formula is C12H11NO3S. The van der Waals surface area contributed by atoms with Crippen molar-refractivity contribution in [1.82, 2.24) is 4.98 Å². The third kappa shape index (κ3) is 1.72. The number of ether oxygens (including phenoxy) is 3. The van der Waals surface area contributed by atoms with Crippen molar-refractivity contribution in [1.29, 1.82) is 0 Å². The highest BCUT2D eigenvalue weighted by Crippen LogP contribution is 2.39. The highest BCUT2D eigenvalue weighted by atomic mass is 32.1. The molecule has 2 heterocycles. The van der Waals surface area contributed by atoms with Crippen LogP contribution in [0.15, 0.2) is 17.5 Å². The molecule has 1 aliphatic heterocycles. The van der Waals surface area contributed by atoms with Crippen LogP contribution in [-0.2, 0) is 0 Å². The van der Waals surface area contributed by atoms with Crippen molar-refractivity contribution in [2.24, 2.45) is 0 Å². The average Bonchev–Trinajstić information content (AvgIpc) is 2.94. The van der Waals surface area contributed by atoms with Crippen LogP contribution < -0.4 is 14.2 Å². The van der Waals surface area contributed by atoms with Gasteiger partial charge in [-0.1, -0.05) is 11.3 Å². The van der Waals surface area contributed by atoms with Crippen molar-refractivity contribution in [2.45, 2.75) is 6.92 Å². The first-order chi connectivity index (χ1) is 8.28. The molecule has 2 aromatic rings. The molecule has 88 valence electrons. The number of hydrogen-bond acceptors (Lipinski definition) is 5. The fourth-order valence-corrected chi connectivity index (χ4v) is 2.43. The van der Waals surface area contributed by atoms with Crippen molar-refractivity contribution >= 4 is 11.3 Å². The van der Waals surface area contributed by atoms with Gasteiger partial charge in [-0.2, -0.15) is 0 Å². The summed E-state index contributed by atoms with van der Waals surface area (Å²) >= 11 is 1.48. The lowest BCUT2D eigenvalue weighted by atomic mass is 10.1. The molecular weight excluding hydrogens is 238 g/mol. The number of thiazole rings is 1. The second kappa shape index (κ2) is 3.92. The molecule has 0 N–H and O–H groups in total. The lowest BCUT2D eigenvalue weighted by molar-refractivity contribution is 0.174. The van der Waals surface area contributed by atoms with Crippen molar-refractivity contribution in [3.63, 3.8) is 0 Å². The summed E-state index contributed by atoms with van der Waals surface area (Å²) in [6.07, 6.45) is 0. The molecule has 1 aliphatic rings. The van der Waals surface area contributed by atoms with Crippen LogP contribution in [0.3, 0.4) is 0 Å². The first-order valence-electron chi connectivity index (χ1n) is 5.18. The molecule has 4 nitrogen and oxygen atoms in total. The SMILES string of the molecule is COc1nc(-c2cc3c(cc2C)OCO3)cs1. The minimum Gasteiger partial charge on any atom is -0.473 e. The molecule has 0 amide bonds. The van der Waals surface area contributed by atoms with E-state index in [1.165, 1.54) is 11.3 Å². The summed E-state index contributed by atoms with van der Waals surface area (Å²) < 4.78 is 15.8.